The molecule has 1 aromatic carbocycles. The minimum Gasteiger partial charge on any atom is -0.378 e. The molecular weight excluding hydrogens is 309 g/mol. The first kappa shape index (κ1) is 15.5. The van der Waals surface area contributed by atoms with Gasteiger partial charge in [-0.1, -0.05) is 0 Å². The van der Waals surface area contributed by atoms with Crippen molar-refractivity contribution in [2.24, 2.45) is 0 Å². The van der Waals surface area contributed by atoms with Gasteiger partial charge in [0.1, 0.15) is 17.5 Å². The van der Waals surface area contributed by atoms with Crippen LogP contribution in [0.1, 0.15) is 5.82 Å². The maximum absolute atomic E-state index is 13.8. The van der Waals surface area contributed by atoms with Crippen LogP contribution in [-0.4, -0.2) is 36.3 Å². The molecule has 0 aliphatic carbocycles. The van der Waals surface area contributed by atoms with Crippen molar-refractivity contribution in [3.8, 4) is 0 Å². The number of hydrogen-bond acceptors (Lipinski definition) is 5. The van der Waals surface area contributed by atoms with Gasteiger partial charge >= 0.3 is 0 Å². The molecule has 23 heavy (non-hydrogen) atoms. The highest BCUT2D eigenvalue weighted by Gasteiger charge is 2.16. The van der Waals surface area contributed by atoms with Crippen molar-refractivity contribution in [2.45, 2.75) is 6.92 Å². The third-order valence-corrected chi connectivity index (χ3v) is 3.46. The summed E-state index contributed by atoms with van der Waals surface area (Å²) in [6.07, 6.45) is 0. The summed E-state index contributed by atoms with van der Waals surface area (Å²) in [5.74, 6) is -2.57. The van der Waals surface area contributed by atoms with Gasteiger partial charge in [0, 0.05) is 19.2 Å². The van der Waals surface area contributed by atoms with E-state index >= 15 is 0 Å². The first-order chi connectivity index (χ1) is 11.0. The van der Waals surface area contributed by atoms with E-state index in [9.17, 15) is 13.2 Å². The molecule has 0 atom stereocenters. The third-order valence-electron chi connectivity index (χ3n) is 3.46. The summed E-state index contributed by atoms with van der Waals surface area (Å²) >= 11 is 0. The summed E-state index contributed by atoms with van der Waals surface area (Å²) in [5, 5.41) is 2.67. The van der Waals surface area contributed by atoms with E-state index in [0.717, 1.165) is 12.1 Å². The molecule has 8 heteroatoms. The van der Waals surface area contributed by atoms with Gasteiger partial charge in [-0.25, -0.2) is 23.1 Å². The average molecular weight is 324 g/mol. The van der Waals surface area contributed by atoms with Gasteiger partial charge in [0.05, 0.1) is 18.9 Å². The molecule has 0 unspecified atom stereocenters. The fourth-order valence-electron chi connectivity index (χ4n) is 2.33. The molecule has 1 aromatic heterocycles. The summed E-state index contributed by atoms with van der Waals surface area (Å²) in [6, 6.07) is 3.62. The number of nitrogens with zero attached hydrogens (tertiary/aromatic N) is 3. The molecule has 0 radical (unpaired) electrons. The normalized spacial score (nSPS) is 14.9. The van der Waals surface area contributed by atoms with Gasteiger partial charge in [0.2, 0.25) is 0 Å². The molecule has 2 aromatic rings. The first-order valence-corrected chi connectivity index (χ1v) is 7.13. The molecule has 0 spiro atoms. The van der Waals surface area contributed by atoms with Crippen LogP contribution >= 0.6 is 0 Å². The highest BCUT2D eigenvalue weighted by Crippen LogP contribution is 2.24. The van der Waals surface area contributed by atoms with Crippen molar-refractivity contribution in [3.63, 3.8) is 0 Å². The molecule has 5 nitrogen and oxygen atoms in total. The van der Waals surface area contributed by atoms with Crippen LogP contribution in [0, 0.1) is 24.4 Å². The lowest BCUT2D eigenvalue weighted by Crippen LogP contribution is -2.36. The molecule has 1 N–H and O–H groups in total. The number of benzene rings is 1. The highest BCUT2D eigenvalue weighted by molar-refractivity contribution is 5.60. The molecule has 3 rings (SSSR count). The van der Waals surface area contributed by atoms with Crippen molar-refractivity contribution >= 4 is 17.3 Å². The summed E-state index contributed by atoms with van der Waals surface area (Å²) in [6.45, 7) is 4.29. The number of rotatable bonds is 3. The molecule has 1 aliphatic rings. The Balaban J connectivity index is 1.88. The van der Waals surface area contributed by atoms with Crippen LogP contribution in [0.2, 0.25) is 0 Å². The Morgan fingerprint density at radius 2 is 1.83 bits per heavy atom. The topological polar surface area (TPSA) is 50.3 Å². The summed E-state index contributed by atoms with van der Waals surface area (Å²) < 4.78 is 45.3. The fraction of sp³-hybridized carbons (Fsp3) is 0.333. The number of anilines is 3. The van der Waals surface area contributed by atoms with Crippen molar-refractivity contribution < 1.29 is 17.9 Å². The van der Waals surface area contributed by atoms with Crippen molar-refractivity contribution in [2.75, 3.05) is 36.5 Å². The Kier molecular flexibility index (Phi) is 4.33. The largest absolute Gasteiger partial charge is 0.378 e. The molecule has 1 fully saturated rings. The number of aryl methyl sites for hydroxylation is 1. The Bertz CT molecular complexity index is 720. The number of hydrogen-bond donors (Lipinski definition) is 1. The van der Waals surface area contributed by atoms with Gasteiger partial charge in [-0.2, -0.15) is 0 Å². The predicted molar refractivity (Wildman–Crippen MR) is 79.4 cm³/mol. The van der Waals surface area contributed by atoms with Crippen LogP contribution in [0.15, 0.2) is 18.2 Å². The number of nitrogens with one attached hydrogen (secondary N) is 1. The smallest absolute Gasteiger partial charge is 0.196 e. The number of halogens is 3. The van der Waals surface area contributed by atoms with E-state index in [4.69, 9.17) is 4.74 Å². The lowest BCUT2D eigenvalue weighted by Gasteiger charge is -2.28. The number of ether oxygens (including phenoxy) is 1. The van der Waals surface area contributed by atoms with Crippen LogP contribution in [0.25, 0.3) is 0 Å². The predicted octanol–water partition coefficient (Wildman–Crippen LogP) is 2.78. The van der Waals surface area contributed by atoms with Gasteiger partial charge < -0.3 is 15.0 Å². The van der Waals surface area contributed by atoms with E-state index in [-0.39, 0.29) is 5.69 Å². The summed E-state index contributed by atoms with van der Waals surface area (Å²) in [4.78, 5) is 10.5. The monoisotopic (exact) mass is 324 g/mol. The van der Waals surface area contributed by atoms with E-state index in [1.165, 1.54) is 0 Å². The quantitative estimate of drug-likeness (QED) is 0.880. The van der Waals surface area contributed by atoms with Crippen LogP contribution < -0.4 is 10.2 Å². The SMILES string of the molecule is Cc1nc(Nc2ccc(F)c(F)c2F)cc(N2CCOCC2)n1. The molecule has 0 amide bonds. The van der Waals surface area contributed by atoms with Crippen LogP contribution in [0.3, 0.4) is 0 Å². The minimum atomic E-state index is -1.52. The van der Waals surface area contributed by atoms with Gasteiger partial charge in [0.25, 0.3) is 0 Å². The van der Waals surface area contributed by atoms with E-state index in [1.54, 1.807) is 13.0 Å². The Morgan fingerprint density at radius 3 is 2.57 bits per heavy atom. The second kappa shape index (κ2) is 6.41. The van der Waals surface area contributed by atoms with E-state index < -0.39 is 17.5 Å². The van der Waals surface area contributed by atoms with E-state index in [0.29, 0.717) is 43.8 Å². The number of aromatic nitrogens is 2. The van der Waals surface area contributed by atoms with Crippen molar-refractivity contribution in [1.82, 2.24) is 9.97 Å². The second-order valence-corrected chi connectivity index (χ2v) is 5.11. The van der Waals surface area contributed by atoms with Crippen LogP contribution in [0.4, 0.5) is 30.5 Å². The van der Waals surface area contributed by atoms with Gasteiger partial charge in [0.15, 0.2) is 17.5 Å². The number of morpholine rings is 1. The Labute approximate surface area is 131 Å². The molecule has 0 saturated carbocycles. The zero-order chi connectivity index (χ0) is 16.4. The van der Waals surface area contributed by atoms with Crippen LogP contribution in [0.5, 0.6) is 0 Å². The molecule has 1 saturated heterocycles. The van der Waals surface area contributed by atoms with E-state index in [2.05, 4.69) is 15.3 Å². The fourth-order valence-corrected chi connectivity index (χ4v) is 2.33. The van der Waals surface area contributed by atoms with Crippen LogP contribution in [-0.2, 0) is 4.74 Å². The standard InChI is InChI=1S/C15H15F3N4O/c1-9-19-12(8-13(20-9)22-4-6-23-7-5-22)21-11-3-2-10(16)14(17)15(11)18/h2-3,8H,4-7H2,1H3,(H,19,20,21). The van der Waals surface area contributed by atoms with Gasteiger partial charge in [-0.15, -0.1) is 0 Å². The third kappa shape index (κ3) is 3.37. The highest BCUT2D eigenvalue weighted by atomic mass is 19.2. The van der Waals surface area contributed by atoms with Gasteiger partial charge in [-0.3, -0.25) is 0 Å². The van der Waals surface area contributed by atoms with E-state index in [1.807, 2.05) is 4.90 Å². The lowest BCUT2D eigenvalue weighted by molar-refractivity contribution is 0.122. The molecule has 122 valence electrons. The molecule has 0 bridgehead atoms. The second-order valence-electron chi connectivity index (χ2n) is 5.11. The Hall–Kier alpha value is -2.35. The maximum atomic E-state index is 13.8. The zero-order valence-electron chi connectivity index (χ0n) is 12.4. The summed E-state index contributed by atoms with van der Waals surface area (Å²) in [5.41, 5.74) is -0.185. The zero-order valence-corrected chi connectivity index (χ0v) is 12.4. The summed E-state index contributed by atoms with van der Waals surface area (Å²) in [7, 11) is 0. The average Bonchev–Trinajstić information content (AvgIpc) is 2.56. The Morgan fingerprint density at radius 1 is 1.09 bits per heavy atom. The van der Waals surface area contributed by atoms with Crippen molar-refractivity contribution in [3.05, 3.63) is 41.5 Å². The lowest BCUT2D eigenvalue weighted by atomic mass is 10.2. The maximum Gasteiger partial charge on any atom is 0.196 e. The first-order valence-electron chi connectivity index (χ1n) is 7.13. The molecular formula is C15H15F3N4O. The minimum absolute atomic E-state index is 0.185. The van der Waals surface area contributed by atoms with Gasteiger partial charge in [-0.05, 0) is 19.1 Å². The van der Waals surface area contributed by atoms with Crippen molar-refractivity contribution in [1.29, 1.82) is 0 Å². The molecule has 1 aliphatic heterocycles. The molecule has 2 heterocycles.